The molecule has 0 atom stereocenters. The molecule has 0 saturated heterocycles. The number of ether oxygens (including phenoxy) is 1. The number of benzene rings is 3. The van der Waals surface area contributed by atoms with E-state index in [-0.39, 0.29) is 11.6 Å². The van der Waals surface area contributed by atoms with Gasteiger partial charge >= 0.3 is 0 Å². The maximum absolute atomic E-state index is 13.6. The van der Waals surface area contributed by atoms with E-state index in [9.17, 15) is 9.59 Å². The number of nitrogens with zero attached hydrogens (tertiary/aromatic N) is 1. The largest absolute Gasteiger partial charge is 0.495 e. The lowest BCUT2D eigenvalue weighted by Crippen LogP contribution is -2.32. The van der Waals surface area contributed by atoms with Gasteiger partial charge in [0.25, 0.3) is 11.8 Å². The van der Waals surface area contributed by atoms with Crippen molar-refractivity contribution < 1.29 is 14.3 Å². The summed E-state index contributed by atoms with van der Waals surface area (Å²) in [5, 5.41) is 3.20. The summed E-state index contributed by atoms with van der Waals surface area (Å²) in [5.41, 5.74) is 5.43. The van der Waals surface area contributed by atoms with Crippen molar-refractivity contribution in [2.75, 3.05) is 17.3 Å². The molecule has 0 radical (unpaired) electrons. The van der Waals surface area contributed by atoms with E-state index in [4.69, 9.17) is 4.74 Å². The van der Waals surface area contributed by atoms with Crippen molar-refractivity contribution in [1.82, 2.24) is 0 Å². The topological polar surface area (TPSA) is 58.6 Å². The molecule has 3 aromatic rings. The van der Waals surface area contributed by atoms with Gasteiger partial charge in [-0.15, -0.1) is 0 Å². The van der Waals surface area contributed by atoms with Gasteiger partial charge in [-0.05, 0) is 67.3 Å². The van der Waals surface area contributed by atoms with Gasteiger partial charge in [0.2, 0.25) is 0 Å². The number of carbonyl (C=O) groups excluding carboxylic acids is 2. The molecule has 5 heteroatoms. The lowest BCUT2D eigenvalue weighted by molar-refractivity contribution is -0.120. The number of anilines is 2. The highest BCUT2D eigenvalue weighted by Crippen LogP contribution is 2.36. The Morgan fingerprint density at radius 1 is 0.774 bits per heavy atom. The number of imide groups is 1. The molecule has 0 aromatic heterocycles. The van der Waals surface area contributed by atoms with Crippen molar-refractivity contribution in [2.45, 2.75) is 20.8 Å². The molecule has 4 rings (SSSR count). The Labute approximate surface area is 182 Å². The highest BCUT2D eigenvalue weighted by molar-refractivity contribution is 6.46. The van der Waals surface area contributed by atoms with E-state index in [1.807, 2.05) is 87.5 Å². The summed E-state index contributed by atoms with van der Waals surface area (Å²) < 4.78 is 5.46. The fourth-order valence-corrected chi connectivity index (χ4v) is 3.89. The zero-order valence-corrected chi connectivity index (χ0v) is 18.0. The average molecular weight is 412 g/mol. The molecular weight excluding hydrogens is 388 g/mol. The zero-order valence-electron chi connectivity index (χ0n) is 18.0. The van der Waals surface area contributed by atoms with Crippen molar-refractivity contribution in [2.24, 2.45) is 0 Å². The summed E-state index contributed by atoms with van der Waals surface area (Å²) in [6, 6.07) is 20.6. The number of carbonyl (C=O) groups is 2. The third-order valence-electron chi connectivity index (χ3n) is 5.23. The lowest BCUT2D eigenvalue weighted by atomic mass is 10.0. The van der Waals surface area contributed by atoms with Crippen LogP contribution in [0.1, 0.15) is 22.3 Å². The van der Waals surface area contributed by atoms with E-state index in [1.165, 1.54) is 4.90 Å². The minimum atomic E-state index is -0.391. The molecule has 3 aromatic carbocycles. The van der Waals surface area contributed by atoms with Gasteiger partial charge < -0.3 is 10.1 Å². The molecule has 0 saturated carbocycles. The maximum atomic E-state index is 13.6. The van der Waals surface area contributed by atoms with E-state index in [0.29, 0.717) is 28.3 Å². The van der Waals surface area contributed by atoms with Crippen LogP contribution in [0, 0.1) is 20.8 Å². The number of hydrogen-bond donors (Lipinski definition) is 1. The fraction of sp³-hybridized carbons (Fsp3) is 0.154. The van der Waals surface area contributed by atoms with Gasteiger partial charge in [-0.25, -0.2) is 4.90 Å². The molecule has 0 aliphatic carbocycles. The summed E-state index contributed by atoms with van der Waals surface area (Å²) in [6.07, 6.45) is 0. The molecule has 0 fully saturated rings. The molecule has 1 aliphatic rings. The van der Waals surface area contributed by atoms with Crippen molar-refractivity contribution in [1.29, 1.82) is 0 Å². The van der Waals surface area contributed by atoms with Gasteiger partial charge in [0, 0.05) is 0 Å². The Morgan fingerprint density at radius 3 is 2.10 bits per heavy atom. The van der Waals surface area contributed by atoms with E-state index in [1.54, 1.807) is 7.11 Å². The molecular formula is C26H24N2O3. The van der Waals surface area contributed by atoms with E-state index in [0.717, 1.165) is 16.7 Å². The van der Waals surface area contributed by atoms with Crippen LogP contribution in [0.2, 0.25) is 0 Å². The van der Waals surface area contributed by atoms with Crippen molar-refractivity contribution in [3.63, 3.8) is 0 Å². The first-order chi connectivity index (χ1) is 14.9. The van der Waals surface area contributed by atoms with Crippen molar-refractivity contribution in [3.05, 3.63) is 94.7 Å². The molecule has 1 heterocycles. The minimum Gasteiger partial charge on any atom is -0.495 e. The van der Waals surface area contributed by atoms with Crippen LogP contribution in [0.4, 0.5) is 11.4 Å². The number of nitrogens with one attached hydrogen (secondary N) is 1. The Bertz CT molecular complexity index is 1190. The Kier molecular flexibility index (Phi) is 5.34. The summed E-state index contributed by atoms with van der Waals surface area (Å²) in [6.45, 7) is 5.86. The van der Waals surface area contributed by atoms with Gasteiger partial charge in [-0.3, -0.25) is 9.59 Å². The monoisotopic (exact) mass is 412 g/mol. The predicted molar refractivity (Wildman–Crippen MR) is 123 cm³/mol. The first-order valence-corrected chi connectivity index (χ1v) is 10.1. The molecule has 0 spiro atoms. The average Bonchev–Trinajstić information content (AvgIpc) is 2.97. The lowest BCUT2D eigenvalue weighted by Gasteiger charge is -2.17. The summed E-state index contributed by atoms with van der Waals surface area (Å²) in [4.78, 5) is 28.3. The van der Waals surface area contributed by atoms with Crippen LogP contribution >= 0.6 is 0 Å². The van der Waals surface area contributed by atoms with Crippen LogP contribution < -0.4 is 15.0 Å². The zero-order chi connectivity index (χ0) is 22.1. The summed E-state index contributed by atoms with van der Waals surface area (Å²) in [7, 11) is 1.58. The van der Waals surface area contributed by atoms with Crippen molar-refractivity contribution >= 4 is 28.8 Å². The van der Waals surface area contributed by atoms with Crippen LogP contribution in [0.25, 0.3) is 5.57 Å². The predicted octanol–water partition coefficient (Wildman–Crippen LogP) is 5.02. The molecule has 0 bridgehead atoms. The number of aryl methyl sites for hydroxylation is 3. The molecule has 1 aliphatic heterocycles. The third-order valence-corrected chi connectivity index (χ3v) is 5.23. The number of hydrogen-bond acceptors (Lipinski definition) is 4. The minimum absolute atomic E-state index is 0.235. The molecule has 1 N–H and O–H groups in total. The molecule has 2 amide bonds. The molecule has 31 heavy (non-hydrogen) atoms. The molecule has 156 valence electrons. The molecule has 5 nitrogen and oxygen atoms in total. The summed E-state index contributed by atoms with van der Waals surface area (Å²) in [5.74, 6) is -0.150. The second-order valence-electron chi connectivity index (χ2n) is 7.74. The van der Waals surface area contributed by atoms with Crippen LogP contribution in [0.15, 0.2) is 72.4 Å². The highest BCUT2D eigenvalue weighted by atomic mass is 16.5. The van der Waals surface area contributed by atoms with Crippen molar-refractivity contribution in [3.8, 4) is 5.75 Å². The number of methoxy groups -OCH3 is 1. The van der Waals surface area contributed by atoms with Gasteiger partial charge in [0.05, 0.1) is 24.1 Å². The van der Waals surface area contributed by atoms with Gasteiger partial charge in [-0.2, -0.15) is 0 Å². The van der Waals surface area contributed by atoms with E-state index < -0.39 is 5.91 Å². The second kappa shape index (κ2) is 8.11. The van der Waals surface area contributed by atoms with E-state index in [2.05, 4.69) is 5.32 Å². The molecule has 0 unspecified atom stereocenters. The number of amides is 2. The number of rotatable bonds is 5. The van der Waals surface area contributed by atoms with Gasteiger partial charge in [0.15, 0.2) is 0 Å². The van der Waals surface area contributed by atoms with E-state index >= 15 is 0 Å². The standard InChI is InChI=1S/C26H24N2O3/c1-16-10-11-22(31-4)21(15-16)27-24-23(19-8-6-5-7-9-19)25(29)28(26(24)30)20-13-17(2)12-18(3)14-20/h5-15,27H,1-4H3. The summed E-state index contributed by atoms with van der Waals surface area (Å²) >= 11 is 0. The third kappa shape index (κ3) is 3.82. The van der Waals surface area contributed by atoms with Crippen LogP contribution in [0.5, 0.6) is 5.75 Å². The smallest absolute Gasteiger partial charge is 0.282 e. The maximum Gasteiger partial charge on any atom is 0.282 e. The normalized spacial score (nSPS) is 13.7. The Balaban J connectivity index is 1.86. The van der Waals surface area contributed by atoms with Gasteiger partial charge in [0.1, 0.15) is 11.4 Å². The highest BCUT2D eigenvalue weighted by Gasteiger charge is 2.40. The fourth-order valence-electron chi connectivity index (χ4n) is 3.89. The second-order valence-corrected chi connectivity index (χ2v) is 7.74. The van der Waals surface area contributed by atoms with Crippen LogP contribution in [-0.4, -0.2) is 18.9 Å². The first kappa shape index (κ1) is 20.4. The quantitative estimate of drug-likeness (QED) is 0.598. The first-order valence-electron chi connectivity index (χ1n) is 10.1. The van der Waals surface area contributed by atoms with Crippen LogP contribution in [0.3, 0.4) is 0 Å². The Morgan fingerprint density at radius 2 is 1.45 bits per heavy atom. The van der Waals surface area contributed by atoms with Gasteiger partial charge in [-0.1, -0.05) is 42.5 Å². The van der Waals surface area contributed by atoms with Crippen LogP contribution in [-0.2, 0) is 9.59 Å². The SMILES string of the molecule is COc1ccc(C)cc1NC1=C(c2ccccc2)C(=O)N(c2cc(C)cc(C)c2)C1=O. The Hall–Kier alpha value is -3.86.